The van der Waals surface area contributed by atoms with Crippen LogP contribution in [0.5, 0.6) is 0 Å². The van der Waals surface area contributed by atoms with Gasteiger partial charge in [0.1, 0.15) is 0 Å². The summed E-state index contributed by atoms with van der Waals surface area (Å²) in [5.41, 5.74) is 3.82. The molecule has 1 aliphatic rings. The SMILES string of the molecule is CCCC1CCN(c2cc(C)ncc2CNC)C1. The molecular formula is C15H25N3. The molecule has 1 atom stereocenters. The summed E-state index contributed by atoms with van der Waals surface area (Å²) in [4.78, 5) is 6.96. The van der Waals surface area contributed by atoms with Crippen molar-refractivity contribution >= 4 is 5.69 Å². The zero-order valence-corrected chi connectivity index (χ0v) is 11.9. The maximum atomic E-state index is 4.42. The summed E-state index contributed by atoms with van der Waals surface area (Å²) in [6.07, 6.45) is 6.03. The van der Waals surface area contributed by atoms with Gasteiger partial charge in [-0.05, 0) is 38.8 Å². The van der Waals surface area contributed by atoms with E-state index in [2.05, 4.69) is 35.1 Å². The van der Waals surface area contributed by atoms with E-state index in [1.165, 1.54) is 43.6 Å². The number of nitrogens with one attached hydrogen (secondary N) is 1. The van der Waals surface area contributed by atoms with Crippen molar-refractivity contribution in [1.29, 1.82) is 0 Å². The van der Waals surface area contributed by atoms with E-state index in [1.54, 1.807) is 0 Å². The van der Waals surface area contributed by atoms with Gasteiger partial charge in [-0.3, -0.25) is 4.98 Å². The highest BCUT2D eigenvalue weighted by Crippen LogP contribution is 2.29. The second kappa shape index (κ2) is 6.19. The summed E-state index contributed by atoms with van der Waals surface area (Å²) in [6, 6.07) is 2.24. The van der Waals surface area contributed by atoms with Gasteiger partial charge in [0.15, 0.2) is 0 Å². The van der Waals surface area contributed by atoms with E-state index < -0.39 is 0 Å². The molecule has 1 N–H and O–H groups in total. The molecule has 1 aromatic rings. The minimum absolute atomic E-state index is 0.880. The van der Waals surface area contributed by atoms with Gasteiger partial charge < -0.3 is 10.2 Å². The van der Waals surface area contributed by atoms with Crippen LogP contribution in [0.25, 0.3) is 0 Å². The second-order valence-electron chi connectivity index (χ2n) is 5.37. The maximum Gasteiger partial charge on any atom is 0.0445 e. The molecule has 0 amide bonds. The van der Waals surface area contributed by atoms with Gasteiger partial charge in [0, 0.05) is 42.8 Å². The van der Waals surface area contributed by atoms with E-state index in [-0.39, 0.29) is 0 Å². The Bertz CT molecular complexity index is 389. The van der Waals surface area contributed by atoms with Crippen molar-refractivity contribution in [2.24, 2.45) is 5.92 Å². The van der Waals surface area contributed by atoms with Gasteiger partial charge in [0.05, 0.1) is 0 Å². The van der Waals surface area contributed by atoms with Gasteiger partial charge in [-0.25, -0.2) is 0 Å². The van der Waals surface area contributed by atoms with Gasteiger partial charge in [0.25, 0.3) is 0 Å². The Balaban J connectivity index is 2.14. The number of aryl methyl sites for hydroxylation is 1. The molecule has 1 fully saturated rings. The first-order valence-corrected chi connectivity index (χ1v) is 7.09. The third kappa shape index (κ3) is 3.02. The Kier molecular flexibility index (Phi) is 4.59. The van der Waals surface area contributed by atoms with Crippen LogP contribution in [-0.2, 0) is 6.54 Å². The quantitative estimate of drug-likeness (QED) is 0.867. The number of pyridine rings is 1. The van der Waals surface area contributed by atoms with Crippen LogP contribution in [-0.4, -0.2) is 25.1 Å². The summed E-state index contributed by atoms with van der Waals surface area (Å²) in [6.45, 7) is 7.67. The molecule has 1 unspecified atom stereocenters. The highest BCUT2D eigenvalue weighted by atomic mass is 15.2. The van der Waals surface area contributed by atoms with Crippen LogP contribution in [0.3, 0.4) is 0 Å². The van der Waals surface area contributed by atoms with Crippen molar-refractivity contribution in [3.05, 3.63) is 23.5 Å². The summed E-state index contributed by atoms with van der Waals surface area (Å²) in [7, 11) is 1.99. The zero-order chi connectivity index (χ0) is 13.0. The van der Waals surface area contributed by atoms with Crippen LogP contribution < -0.4 is 10.2 Å². The molecule has 100 valence electrons. The van der Waals surface area contributed by atoms with E-state index in [0.29, 0.717) is 0 Å². The van der Waals surface area contributed by atoms with Gasteiger partial charge in [-0.15, -0.1) is 0 Å². The lowest BCUT2D eigenvalue weighted by Gasteiger charge is -2.22. The number of anilines is 1. The molecule has 1 aliphatic heterocycles. The summed E-state index contributed by atoms with van der Waals surface area (Å²) >= 11 is 0. The first-order valence-electron chi connectivity index (χ1n) is 7.09. The number of nitrogens with zero attached hydrogens (tertiary/aromatic N) is 2. The van der Waals surface area contributed by atoms with Crippen molar-refractivity contribution in [2.75, 3.05) is 25.0 Å². The molecule has 0 aliphatic carbocycles. The predicted octanol–water partition coefficient (Wildman–Crippen LogP) is 2.74. The molecule has 3 nitrogen and oxygen atoms in total. The van der Waals surface area contributed by atoms with Crippen LogP contribution in [0.2, 0.25) is 0 Å². The van der Waals surface area contributed by atoms with Crippen molar-refractivity contribution in [3.8, 4) is 0 Å². The maximum absolute atomic E-state index is 4.42. The molecule has 1 aromatic heterocycles. The molecule has 0 saturated carbocycles. The van der Waals surface area contributed by atoms with Gasteiger partial charge >= 0.3 is 0 Å². The summed E-state index contributed by atoms with van der Waals surface area (Å²) in [5, 5.41) is 3.24. The molecule has 0 radical (unpaired) electrons. The van der Waals surface area contributed by atoms with Gasteiger partial charge in [-0.1, -0.05) is 13.3 Å². The molecule has 3 heteroatoms. The zero-order valence-electron chi connectivity index (χ0n) is 11.9. The minimum atomic E-state index is 0.880. The number of aromatic nitrogens is 1. The third-order valence-electron chi connectivity index (χ3n) is 3.79. The van der Waals surface area contributed by atoms with Crippen LogP contribution in [0.15, 0.2) is 12.3 Å². The Labute approximate surface area is 111 Å². The molecule has 2 rings (SSSR count). The number of rotatable bonds is 5. The first kappa shape index (κ1) is 13.3. The Hall–Kier alpha value is -1.09. The highest BCUT2D eigenvalue weighted by Gasteiger charge is 2.23. The van der Waals surface area contributed by atoms with Crippen LogP contribution in [0.1, 0.15) is 37.4 Å². The van der Waals surface area contributed by atoms with Crippen LogP contribution in [0, 0.1) is 12.8 Å². The van der Waals surface area contributed by atoms with Crippen LogP contribution >= 0.6 is 0 Å². The first-order chi connectivity index (χ1) is 8.74. The fourth-order valence-corrected chi connectivity index (χ4v) is 2.89. The molecular weight excluding hydrogens is 222 g/mol. The van der Waals surface area contributed by atoms with E-state index in [0.717, 1.165) is 18.2 Å². The fourth-order valence-electron chi connectivity index (χ4n) is 2.89. The van der Waals surface area contributed by atoms with Crippen molar-refractivity contribution in [2.45, 2.75) is 39.7 Å². The lowest BCUT2D eigenvalue weighted by atomic mass is 10.0. The molecule has 0 aromatic carbocycles. The average molecular weight is 247 g/mol. The van der Waals surface area contributed by atoms with E-state index >= 15 is 0 Å². The Morgan fingerprint density at radius 2 is 2.33 bits per heavy atom. The number of hydrogen-bond donors (Lipinski definition) is 1. The lowest BCUT2D eigenvalue weighted by Crippen LogP contribution is -2.22. The van der Waals surface area contributed by atoms with Gasteiger partial charge in [-0.2, -0.15) is 0 Å². The predicted molar refractivity (Wildman–Crippen MR) is 77.0 cm³/mol. The molecule has 2 heterocycles. The molecule has 1 saturated heterocycles. The minimum Gasteiger partial charge on any atom is -0.371 e. The van der Waals surface area contributed by atoms with Crippen molar-refractivity contribution in [1.82, 2.24) is 10.3 Å². The Morgan fingerprint density at radius 1 is 1.50 bits per heavy atom. The second-order valence-corrected chi connectivity index (χ2v) is 5.37. The molecule has 18 heavy (non-hydrogen) atoms. The third-order valence-corrected chi connectivity index (χ3v) is 3.79. The lowest BCUT2D eigenvalue weighted by molar-refractivity contribution is 0.529. The summed E-state index contributed by atoms with van der Waals surface area (Å²) in [5.74, 6) is 0.880. The standard InChI is InChI=1S/C15H25N3/c1-4-5-13-6-7-18(11-13)15-8-12(2)17-10-14(15)9-16-3/h8,10,13,16H,4-7,9,11H2,1-3H3. The van der Waals surface area contributed by atoms with Crippen molar-refractivity contribution < 1.29 is 0 Å². The number of hydrogen-bond acceptors (Lipinski definition) is 3. The largest absolute Gasteiger partial charge is 0.371 e. The molecule has 0 spiro atoms. The highest BCUT2D eigenvalue weighted by molar-refractivity contribution is 5.54. The Morgan fingerprint density at radius 3 is 3.06 bits per heavy atom. The van der Waals surface area contributed by atoms with Crippen LogP contribution in [0.4, 0.5) is 5.69 Å². The fraction of sp³-hybridized carbons (Fsp3) is 0.667. The topological polar surface area (TPSA) is 28.2 Å². The average Bonchev–Trinajstić information content (AvgIpc) is 2.81. The van der Waals surface area contributed by atoms with E-state index in [1.807, 2.05) is 13.2 Å². The smallest absolute Gasteiger partial charge is 0.0445 e. The summed E-state index contributed by atoms with van der Waals surface area (Å²) < 4.78 is 0. The van der Waals surface area contributed by atoms with Crippen molar-refractivity contribution in [3.63, 3.8) is 0 Å². The van der Waals surface area contributed by atoms with Gasteiger partial charge in [0.2, 0.25) is 0 Å². The monoisotopic (exact) mass is 247 g/mol. The molecule has 0 bridgehead atoms. The van der Waals surface area contributed by atoms with E-state index in [4.69, 9.17) is 0 Å². The van der Waals surface area contributed by atoms with E-state index in [9.17, 15) is 0 Å². The normalized spacial score (nSPS) is 19.5.